The molecular weight excluding hydrogens is 284 g/mol. The predicted octanol–water partition coefficient (Wildman–Crippen LogP) is 0.117. The van der Waals surface area contributed by atoms with Crippen molar-refractivity contribution in [3.63, 3.8) is 0 Å². The quantitative estimate of drug-likeness (QED) is 0.628. The van der Waals surface area contributed by atoms with Crippen LogP contribution >= 0.6 is 0 Å². The van der Waals surface area contributed by atoms with Gasteiger partial charge in [0.25, 0.3) is 10.0 Å². The minimum Gasteiger partial charge on any atom is -0.478 e. The molecule has 0 saturated carbocycles. The number of aromatic amines is 1. The third-order valence-electron chi connectivity index (χ3n) is 2.89. The predicted molar refractivity (Wildman–Crippen MR) is 73.1 cm³/mol. The van der Waals surface area contributed by atoms with Gasteiger partial charge in [-0.2, -0.15) is 5.10 Å². The first-order chi connectivity index (χ1) is 9.31. The van der Waals surface area contributed by atoms with E-state index in [1.165, 1.54) is 0 Å². The zero-order chi connectivity index (χ0) is 15.3. The molecular formula is C11H20N4O4S. The third-order valence-corrected chi connectivity index (χ3v) is 4.45. The van der Waals surface area contributed by atoms with E-state index < -0.39 is 21.0 Å². The van der Waals surface area contributed by atoms with Gasteiger partial charge in [0.2, 0.25) is 0 Å². The lowest BCUT2D eigenvalue weighted by Gasteiger charge is -2.23. The number of carboxylic acid groups (broad SMARTS) is 1. The molecule has 0 aromatic carbocycles. The average molecular weight is 304 g/mol. The summed E-state index contributed by atoms with van der Waals surface area (Å²) in [6.07, 6.45) is 0.978. The highest BCUT2D eigenvalue weighted by atomic mass is 32.2. The Hall–Kier alpha value is -1.45. The van der Waals surface area contributed by atoms with Crippen LogP contribution in [0.15, 0.2) is 11.2 Å². The van der Waals surface area contributed by atoms with Crippen LogP contribution < -0.4 is 4.72 Å². The summed E-state index contributed by atoms with van der Waals surface area (Å²) in [5.41, 5.74) is -0.368. The zero-order valence-electron chi connectivity index (χ0n) is 11.8. The maximum absolute atomic E-state index is 12.1. The van der Waals surface area contributed by atoms with E-state index in [-0.39, 0.29) is 11.6 Å². The van der Waals surface area contributed by atoms with Crippen LogP contribution in [0.4, 0.5) is 0 Å². The van der Waals surface area contributed by atoms with Crippen LogP contribution in [-0.4, -0.2) is 60.3 Å². The van der Waals surface area contributed by atoms with Gasteiger partial charge in [0.05, 0.1) is 6.20 Å². The minimum atomic E-state index is -3.93. The summed E-state index contributed by atoms with van der Waals surface area (Å²) >= 11 is 0. The van der Waals surface area contributed by atoms with E-state index in [1.54, 1.807) is 6.92 Å². The molecule has 1 aromatic rings. The maximum Gasteiger partial charge on any atom is 0.340 e. The van der Waals surface area contributed by atoms with E-state index in [0.717, 1.165) is 19.3 Å². The lowest BCUT2D eigenvalue weighted by atomic mass is 10.3. The topological polar surface area (TPSA) is 115 Å². The van der Waals surface area contributed by atoms with Gasteiger partial charge in [0.1, 0.15) is 5.56 Å². The SMILES string of the molecule is CCN(CC)CC(C)NS(=O)(=O)c1[nH]ncc1C(=O)O. The lowest BCUT2D eigenvalue weighted by molar-refractivity contribution is 0.0692. The summed E-state index contributed by atoms with van der Waals surface area (Å²) in [6.45, 7) is 7.87. The first-order valence-corrected chi connectivity index (χ1v) is 7.81. The average Bonchev–Trinajstić information content (AvgIpc) is 2.85. The molecule has 1 unspecified atom stereocenters. The van der Waals surface area contributed by atoms with Gasteiger partial charge in [0, 0.05) is 12.6 Å². The second-order valence-corrected chi connectivity index (χ2v) is 6.08. The molecule has 8 nitrogen and oxygen atoms in total. The minimum absolute atomic E-state index is 0.343. The van der Waals surface area contributed by atoms with E-state index in [9.17, 15) is 13.2 Å². The first-order valence-electron chi connectivity index (χ1n) is 6.33. The number of sulfonamides is 1. The monoisotopic (exact) mass is 304 g/mol. The second-order valence-electron chi connectivity index (χ2n) is 4.43. The van der Waals surface area contributed by atoms with Crippen LogP contribution in [-0.2, 0) is 10.0 Å². The number of likely N-dealkylation sites (N-methyl/N-ethyl adjacent to an activating group) is 1. The molecule has 1 aromatic heterocycles. The van der Waals surface area contributed by atoms with Gasteiger partial charge in [-0.25, -0.2) is 17.9 Å². The molecule has 0 bridgehead atoms. The number of aromatic nitrogens is 2. The van der Waals surface area contributed by atoms with Crippen LogP contribution in [0.25, 0.3) is 0 Å². The Labute approximate surface area is 118 Å². The van der Waals surface area contributed by atoms with Crippen molar-refractivity contribution < 1.29 is 18.3 Å². The van der Waals surface area contributed by atoms with E-state index in [2.05, 4.69) is 19.8 Å². The number of rotatable bonds is 8. The Bertz CT molecular complexity index is 551. The fourth-order valence-electron chi connectivity index (χ4n) is 1.86. The number of carbonyl (C=O) groups is 1. The molecule has 0 fully saturated rings. The number of nitrogens with zero attached hydrogens (tertiary/aromatic N) is 2. The molecule has 1 rings (SSSR count). The highest BCUT2D eigenvalue weighted by Crippen LogP contribution is 2.12. The van der Waals surface area contributed by atoms with Crippen molar-refractivity contribution in [3.05, 3.63) is 11.8 Å². The Morgan fingerprint density at radius 2 is 2.10 bits per heavy atom. The molecule has 114 valence electrons. The molecule has 0 aliphatic heterocycles. The zero-order valence-corrected chi connectivity index (χ0v) is 12.6. The van der Waals surface area contributed by atoms with Gasteiger partial charge in [-0.05, 0) is 20.0 Å². The number of H-pyrrole nitrogens is 1. The van der Waals surface area contributed by atoms with Crippen molar-refractivity contribution in [2.75, 3.05) is 19.6 Å². The Morgan fingerprint density at radius 1 is 1.50 bits per heavy atom. The van der Waals surface area contributed by atoms with Crippen molar-refractivity contribution in [1.82, 2.24) is 19.8 Å². The molecule has 0 saturated heterocycles. The molecule has 20 heavy (non-hydrogen) atoms. The summed E-state index contributed by atoms with van der Waals surface area (Å²) < 4.78 is 26.7. The smallest absolute Gasteiger partial charge is 0.340 e. The van der Waals surface area contributed by atoms with Crippen LogP contribution in [0.2, 0.25) is 0 Å². The van der Waals surface area contributed by atoms with E-state index in [4.69, 9.17) is 5.11 Å². The molecule has 1 heterocycles. The Kier molecular flexibility index (Phi) is 5.66. The van der Waals surface area contributed by atoms with E-state index in [0.29, 0.717) is 6.54 Å². The Morgan fingerprint density at radius 3 is 2.60 bits per heavy atom. The van der Waals surface area contributed by atoms with Crippen LogP contribution in [0.3, 0.4) is 0 Å². The van der Waals surface area contributed by atoms with Gasteiger partial charge in [-0.3, -0.25) is 5.10 Å². The summed E-state index contributed by atoms with van der Waals surface area (Å²) in [5, 5.41) is 14.2. The summed E-state index contributed by atoms with van der Waals surface area (Å²) in [6, 6.07) is -0.343. The molecule has 1 atom stereocenters. The fourth-order valence-corrected chi connectivity index (χ4v) is 3.19. The van der Waals surface area contributed by atoms with Crippen molar-refractivity contribution in [3.8, 4) is 0 Å². The summed E-state index contributed by atoms with van der Waals surface area (Å²) in [4.78, 5) is 13.0. The van der Waals surface area contributed by atoms with Crippen molar-refractivity contribution >= 4 is 16.0 Å². The molecule has 0 aliphatic carbocycles. The molecule has 9 heteroatoms. The van der Waals surface area contributed by atoms with Crippen LogP contribution in [0.1, 0.15) is 31.1 Å². The van der Waals surface area contributed by atoms with Crippen molar-refractivity contribution in [1.29, 1.82) is 0 Å². The highest BCUT2D eigenvalue weighted by Gasteiger charge is 2.26. The standard InChI is InChI=1S/C11H20N4O4S/c1-4-15(5-2)7-8(3)14-20(18,19)10-9(11(16)17)6-12-13-10/h6,8,14H,4-5,7H2,1-3H3,(H,12,13)(H,16,17). The van der Waals surface area contributed by atoms with Gasteiger partial charge < -0.3 is 10.0 Å². The third kappa shape index (κ3) is 4.02. The van der Waals surface area contributed by atoms with Crippen molar-refractivity contribution in [2.45, 2.75) is 31.8 Å². The van der Waals surface area contributed by atoms with Crippen molar-refractivity contribution in [2.24, 2.45) is 0 Å². The number of carboxylic acids is 1. The fraction of sp³-hybridized carbons (Fsp3) is 0.636. The normalized spacial score (nSPS) is 13.6. The number of nitrogens with one attached hydrogen (secondary N) is 2. The lowest BCUT2D eigenvalue weighted by Crippen LogP contribution is -2.42. The molecule has 0 aliphatic rings. The van der Waals surface area contributed by atoms with Gasteiger partial charge >= 0.3 is 5.97 Å². The number of hydrogen-bond acceptors (Lipinski definition) is 5. The summed E-state index contributed by atoms with van der Waals surface area (Å²) in [7, 11) is -3.93. The number of hydrogen-bond donors (Lipinski definition) is 3. The number of aromatic carboxylic acids is 1. The van der Waals surface area contributed by atoms with Crippen LogP contribution in [0.5, 0.6) is 0 Å². The van der Waals surface area contributed by atoms with Gasteiger partial charge in [-0.15, -0.1) is 0 Å². The molecule has 3 N–H and O–H groups in total. The van der Waals surface area contributed by atoms with E-state index in [1.807, 2.05) is 13.8 Å². The maximum atomic E-state index is 12.1. The first kappa shape index (κ1) is 16.6. The Balaban J connectivity index is 2.84. The van der Waals surface area contributed by atoms with Gasteiger partial charge in [0.15, 0.2) is 5.03 Å². The van der Waals surface area contributed by atoms with Crippen LogP contribution in [0, 0.1) is 0 Å². The molecule has 0 radical (unpaired) electrons. The van der Waals surface area contributed by atoms with E-state index >= 15 is 0 Å². The van der Waals surface area contributed by atoms with Gasteiger partial charge in [-0.1, -0.05) is 13.8 Å². The highest BCUT2D eigenvalue weighted by molar-refractivity contribution is 7.89. The second kappa shape index (κ2) is 6.82. The summed E-state index contributed by atoms with van der Waals surface area (Å²) in [5.74, 6) is -1.34. The molecule has 0 amide bonds. The largest absolute Gasteiger partial charge is 0.478 e. The molecule has 0 spiro atoms.